The lowest BCUT2D eigenvalue weighted by Crippen LogP contribution is -2.59. The third-order valence-electron chi connectivity index (χ3n) is 4.89. The predicted molar refractivity (Wildman–Crippen MR) is 102 cm³/mol. The van der Waals surface area contributed by atoms with Crippen LogP contribution in [0.3, 0.4) is 0 Å². The van der Waals surface area contributed by atoms with Crippen molar-refractivity contribution in [2.24, 2.45) is 5.73 Å². The SMILES string of the molecule is CCC(=O)N(c1ccccc1)[C@@H]1CCN(Cc2ccccc2)C[C@H]1N. The topological polar surface area (TPSA) is 49.6 Å². The van der Waals surface area contributed by atoms with Crippen LogP contribution in [0, 0.1) is 0 Å². The van der Waals surface area contributed by atoms with E-state index in [-0.39, 0.29) is 18.0 Å². The molecule has 0 radical (unpaired) electrons. The van der Waals surface area contributed by atoms with E-state index in [1.807, 2.05) is 48.2 Å². The zero-order valence-electron chi connectivity index (χ0n) is 14.8. The van der Waals surface area contributed by atoms with Gasteiger partial charge in [0, 0.05) is 37.8 Å². The lowest BCUT2D eigenvalue weighted by atomic mass is 9.96. The highest BCUT2D eigenvalue weighted by atomic mass is 16.2. The number of nitrogens with zero attached hydrogens (tertiary/aromatic N) is 2. The van der Waals surface area contributed by atoms with Crippen molar-refractivity contribution in [1.29, 1.82) is 0 Å². The van der Waals surface area contributed by atoms with Crippen molar-refractivity contribution < 1.29 is 4.79 Å². The van der Waals surface area contributed by atoms with Crippen LogP contribution in [-0.2, 0) is 11.3 Å². The Kier molecular flexibility index (Phi) is 5.84. The maximum absolute atomic E-state index is 12.6. The first-order valence-corrected chi connectivity index (χ1v) is 9.08. The normalized spacial score (nSPS) is 21.0. The molecule has 2 N–H and O–H groups in total. The van der Waals surface area contributed by atoms with Gasteiger partial charge in [-0.25, -0.2) is 0 Å². The number of benzene rings is 2. The summed E-state index contributed by atoms with van der Waals surface area (Å²) in [6.45, 7) is 4.58. The second kappa shape index (κ2) is 8.28. The third-order valence-corrected chi connectivity index (χ3v) is 4.89. The number of piperidine rings is 1. The van der Waals surface area contributed by atoms with Crippen LogP contribution in [0.5, 0.6) is 0 Å². The summed E-state index contributed by atoms with van der Waals surface area (Å²) in [6.07, 6.45) is 1.39. The van der Waals surface area contributed by atoms with E-state index in [4.69, 9.17) is 5.73 Å². The number of amides is 1. The first-order chi connectivity index (χ1) is 12.2. The van der Waals surface area contributed by atoms with Gasteiger partial charge < -0.3 is 10.6 Å². The summed E-state index contributed by atoms with van der Waals surface area (Å²) in [7, 11) is 0. The van der Waals surface area contributed by atoms with E-state index >= 15 is 0 Å². The largest absolute Gasteiger partial charge is 0.325 e. The molecule has 1 fully saturated rings. The smallest absolute Gasteiger partial charge is 0.227 e. The number of hydrogen-bond donors (Lipinski definition) is 1. The van der Waals surface area contributed by atoms with Gasteiger partial charge in [0.1, 0.15) is 0 Å². The molecule has 2 atom stereocenters. The number of anilines is 1. The molecular formula is C21H27N3O. The Hall–Kier alpha value is -2.17. The molecule has 0 aromatic heterocycles. The minimum atomic E-state index is -0.0480. The number of carbonyl (C=O) groups excluding carboxylic acids is 1. The van der Waals surface area contributed by atoms with Gasteiger partial charge in [-0.1, -0.05) is 55.5 Å². The van der Waals surface area contributed by atoms with Crippen LogP contribution in [0.4, 0.5) is 5.69 Å². The zero-order chi connectivity index (χ0) is 17.6. The minimum absolute atomic E-state index is 0.0480. The highest BCUT2D eigenvalue weighted by molar-refractivity contribution is 5.93. The minimum Gasteiger partial charge on any atom is -0.325 e. The molecule has 1 aliphatic rings. The molecule has 1 saturated heterocycles. The van der Waals surface area contributed by atoms with Crippen LogP contribution in [-0.4, -0.2) is 36.0 Å². The number of likely N-dealkylation sites (tertiary alicyclic amines) is 1. The standard InChI is InChI=1S/C21H27N3O/c1-2-21(25)24(18-11-7-4-8-12-18)20-13-14-23(16-19(20)22)15-17-9-5-3-6-10-17/h3-12,19-20H,2,13-16,22H2,1H3/t19-,20-/m1/s1. The second-order valence-electron chi connectivity index (χ2n) is 6.69. The Morgan fingerprint density at radius 1 is 1.12 bits per heavy atom. The lowest BCUT2D eigenvalue weighted by molar-refractivity contribution is -0.119. The number of hydrogen-bond acceptors (Lipinski definition) is 3. The number of carbonyl (C=O) groups is 1. The van der Waals surface area contributed by atoms with E-state index in [1.165, 1.54) is 5.56 Å². The first-order valence-electron chi connectivity index (χ1n) is 9.08. The molecular weight excluding hydrogens is 310 g/mol. The summed E-state index contributed by atoms with van der Waals surface area (Å²) in [6, 6.07) is 20.4. The number of nitrogens with two attached hydrogens (primary N) is 1. The second-order valence-corrected chi connectivity index (χ2v) is 6.69. The molecule has 2 aromatic carbocycles. The molecule has 1 amide bonds. The quantitative estimate of drug-likeness (QED) is 0.912. The first kappa shape index (κ1) is 17.6. The monoisotopic (exact) mass is 337 g/mol. The molecule has 3 rings (SSSR count). The van der Waals surface area contributed by atoms with Crippen molar-refractivity contribution in [2.75, 3.05) is 18.0 Å². The van der Waals surface area contributed by atoms with Gasteiger partial charge in [-0.3, -0.25) is 9.69 Å². The molecule has 132 valence electrons. The number of para-hydroxylation sites is 1. The van der Waals surface area contributed by atoms with Gasteiger partial charge in [0.05, 0.1) is 6.04 Å². The Labute approximate surface area is 150 Å². The average Bonchev–Trinajstić information content (AvgIpc) is 2.65. The molecule has 2 aromatic rings. The number of rotatable bonds is 5. The summed E-state index contributed by atoms with van der Waals surface area (Å²) in [5.74, 6) is 0.142. The van der Waals surface area contributed by atoms with Crippen LogP contribution in [0.2, 0.25) is 0 Å². The Balaban J connectivity index is 1.71. The maximum Gasteiger partial charge on any atom is 0.227 e. The lowest BCUT2D eigenvalue weighted by Gasteiger charge is -2.42. The molecule has 0 spiro atoms. The molecule has 0 bridgehead atoms. The van der Waals surface area contributed by atoms with Gasteiger partial charge in [-0.05, 0) is 24.1 Å². The zero-order valence-corrected chi connectivity index (χ0v) is 14.8. The van der Waals surface area contributed by atoms with Crippen LogP contribution in [0.1, 0.15) is 25.3 Å². The van der Waals surface area contributed by atoms with Crippen molar-refractivity contribution in [2.45, 2.75) is 38.4 Å². The Morgan fingerprint density at radius 3 is 2.36 bits per heavy atom. The van der Waals surface area contributed by atoms with E-state index < -0.39 is 0 Å². The third kappa shape index (κ3) is 4.27. The summed E-state index contributed by atoms with van der Waals surface area (Å²) in [5.41, 5.74) is 8.77. The van der Waals surface area contributed by atoms with E-state index in [0.717, 1.165) is 31.7 Å². The van der Waals surface area contributed by atoms with E-state index in [1.54, 1.807) is 0 Å². The molecule has 1 heterocycles. The molecule has 4 nitrogen and oxygen atoms in total. The average molecular weight is 337 g/mol. The van der Waals surface area contributed by atoms with Gasteiger partial charge in [-0.15, -0.1) is 0 Å². The molecule has 0 saturated carbocycles. The van der Waals surface area contributed by atoms with Crippen molar-refractivity contribution >= 4 is 11.6 Å². The van der Waals surface area contributed by atoms with Crippen molar-refractivity contribution in [3.05, 3.63) is 66.2 Å². The van der Waals surface area contributed by atoms with E-state index in [9.17, 15) is 4.79 Å². The maximum atomic E-state index is 12.6. The van der Waals surface area contributed by atoms with Gasteiger partial charge in [0.2, 0.25) is 5.91 Å². The van der Waals surface area contributed by atoms with E-state index in [2.05, 4.69) is 29.2 Å². The van der Waals surface area contributed by atoms with Crippen LogP contribution in [0.15, 0.2) is 60.7 Å². The molecule has 25 heavy (non-hydrogen) atoms. The highest BCUT2D eigenvalue weighted by Gasteiger charge is 2.33. The van der Waals surface area contributed by atoms with Gasteiger partial charge in [0.25, 0.3) is 0 Å². The van der Waals surface area contributed by atoms with Crippen LogP contribution in [0.25, 0.3) is 0 Å². The highest BCUT2D eigenvalue weighted by Crippen LogP contribution is 2.25. The van der Waals surface area contributed by atoms with Crippen molar-refractivity contribution in [1.82, 2.24) is 4.90 Å². The van der Waals surface area contributed by atoms with Crippen molar-refractivity contribution in [3.63, 3.8) is 0 Å². The van der Waals surface area contributed by atoms with Gasteiger partial charge in [0.15, 0.2) is 0 Å². The Bertz CT molecular complexity index is 674. The van der Waals surface area contributed by atoms with Gasteiger partial charge in [-0.2, -0.15) is 0 Å². The predicted octanol–water partition coefficient (Wildman–Crippen LogP) is 3.03. The molecule has 1 aliphatic heterocycles. The fourth-order valence-electron chi connectivity index (χ4n) is 3.63. The van der Waals surface area contributed by atoms with Crippen molar-refractivity contribution in [3.8, 4) is 0 Å². The fraction of sp³-hybridized carbons (Fsp3) is 0.381. The van der Waals surface area contributed by atoms with Crippen LogP contribution < -0.4 is 10.6 Å². The van der Waals surface area contributed by atoms with E-state index in [0.29, 0.717) is 6.42 Å². The summed E-state index contributed by atoms with van der Waals surface area (Å²) in [4.78, 5) is 16.9. The molecule has 0 unspecified atom stereocenters. The molecule has 0 aliphatic carbocycles. The summed E-state index contributed by atoms with van der Waals surface area (Å²) < 4.78 is 0. The summed E-state index contributed by atoms with van der Waals surface area (Å²) >= 11 is 0. The van der Waals surface area contributed by atoms with Gasteiger partial charge >= 0.3 is 0 Å². The molecule has 4 heteroatoms. The van der Waals surface area contributed by atoms with Crippen LogP contribution >= 0.6 is 0 Å². The Morgan fingerprint density at radius 2 is 1.76 bits per heavy atom. The summed E-state index contributed by atoms with van der Waals surface area (Å²) in [5, 5.41) is 0. The fourth-order valence-corrected chi connectivity index (χ4v) is 3.63.